The first-order valence-corrected chi connectivity index (χ1v) is 8.78. The van der Waals surface area contributed by atoms with Gasteiger partial charge in [-0.25, -0.2) is 0 Å². The van der Waals surface area contributed by atoms with E-state index >= 15 is 0 Å². The van der Waals surface area contributed by atoms with Crippen LogP contribution in [-0.2, 0) is 11.8 Å². The van der Waals surface area contributed by atoms with Gasteiger partial charge in [-0.2, -0.15) is 0 Å². The van der Waals surface area contributed by atoms with Gasteiger partial charge in [0.2, 0.25) is 0 Å². The summed E-state index contributed by atoms with van der Waals surface area (Å²) in [6, 6.07) is 18.1. The van der Waals surface area contributed by atoms with Gasteiger partial charge >= 0.3 is 0 Å². The number of nitrogens with zero attached hydrogens (tertiary/aromatic N) is 1. The zero-order chi connectivity index (χ0) is 17.2. The van der Waals surface area contributed by atoms with Crippen LogP contribution in [0.2, 0.25) is 0 Å². The van der Waals surface area contributed by atoms with Crippen LogP contribution in [0, 0.1) is 0 Å². The number of hydrogen-bond acceptors (Lipinski definition) is 2. The summed E-state index contributed by atoms with van der Waals surface area (Å²) in [6.45, 7) is 1.36. The number of rotatable bonds is 4. The van der Waals surface area contributed by atoms with Crippen LogP contribution >= 0.6 is 0 Å². The van der Waals surface area contributed by atoms with Crippen LogP contribution in [0.3, 0.4) is 0 Å². The predicted octanol–water partition coefficient (Wildman–Crippen LogP) is 3.75. The summed E-state index contributed by atoms with van der Waals surface area (Å²) in [4.78, 5) is 13.0. The maximum atomic E-state index is 13.0. The molecule has 25 heavy (non-hydrogen) atoms. The average Bonchev–Trinajstić information content (AvgIpc) is 3.27. The molecule has 0 bridgehead atoms. The number of ether oxygens (including phenoxy) is 1. The molecule has 0 aliphatic carbocycles. The van der Waals surface area contributed by atoms with E-state index < -0.39 is 0 Å². The third kappa shape index (κ3) is 2.94. The van der Waals surface area contributed by atoms with E-state index in [0.717, 1.165) is 47.2 Å². The lowest BCUT2D eigenvalue weighted by atomic mass is 10.0. The molecule has 4 nitrogen and oxygen atoms in total. The van der Waals surface area contributed by atoms with Crippen LogP contribution in [0.1, 0.15) is 23.2 Å². The Morgan fingerprint density at radius 3 is 2.68 bits per heavy atom. The molecule has 0 spiro atoms. The quantitative estimate of drug-likeness (QED) is 0.789. The van der Waals surface area contributed by atoms with Gasteiger partial charge in [0.15, 0.2) is 0 Å². The van der Waals surface area contributed by atoms with E-state index in [0.29, 0.717) is 6.54 Å². The smallest absolute Gasteiger partial charge is 0.254 e. The number of nitrogens with one attached hydrogen (secondary N) is 1. The summed E-state index contributed by atoms with van der Waals surface area (Å²) < 4.78 is 7.73. The van der Waals surface area contributed by atoms with Crippen molar-refractivity contribution in [3.05, 3.63) is 60.2 Å². The summed E-state index contributed by atoms with van der Waals surface area (Å²) in [5.74, 6) is -0.0360. The van der Waals surface area contributed by atoms with E-state index in [-0.39, 0.29) is 12.0 Å². The number of fused-ring (bicyclic) bond motifs is 1. The number of aromatic nitrogens is 1. The first-order valence-electron chi connectivity index (χ1n) is 8.78. The average molecular weight is 334 g/mol. The highest BCUT2D eigenvalue weighted by Crippen LogP contribution is 2.32. The van der Waals surface area contributed by atoms with Gasteiger partial charge in [-0.15, -0.1) is 0 Å². The molecule has 1 aliphatic heterocycles. The maximum absolute atomic E-state index is 13.0. The van der Waals surface area contributed by atoms with Gasteiger partial charge in [-0.3, -0.25) is 4.79 Å². The first-order chi connectivity index (χ1) is 12.3. The predicted molar refractivity (Wildman–Crippen MR) is 99.7 cm³/mol. The summed E-state index contributed by atoms with van der Waals surface area (Å²) >= 11 is 0. The van der Waals surface area contributed by atoms with Gasteiger partial charge in [0.1, 0.15) is 0 Å². The number of carbonyl (C=O) groups excluding carboxylic acids is 1. The van der Waals surface area contributed by atoms with Gasteiger partial charge in [-0.05, 0) is 24.5 Å². The Labute approximate surface area is 147 Å². The largest absolute Gasteiger partial charge is 0.376 e. The maximum Gasteiger partial charge on any atom is 0.254 e. The minimum Gasteiger partial charge on any atom is -0.376 e. The Morgan fingerprint density at radius 2 is 1.92 bits per heavy atom. The summed E-state index contributed by atoms with van der Waals surface area (Å²) in [6.07, 6.45) is 2.23. The van der Waals surface area contributed by atoms with E-state index in [4.69, 9.17) is 4.74 Å². The zero-order valence-electron chi connectivity index (χ0n) is 14.4. The van der Waals surface area contributed by atoms with Gasteiger partial charge in [0.05, 0.1) is 17.4 Å². The van der Waals surface area contributed by atoms with Crippen molar-refractivity contribution in [1.82, 2.24) is 9.88 Å². The molecule has 0 radical (unpaired) electrons. The first kappa shape index (κ1) is 15.9. The molecule has 1 aliphatic rings. The van der Waals surface area contributed by atoms with Crippen LogP contribution in [0.25, 0.3) is 22.2 Å². The number of benzene rings is 2. The number of carbonyl (C=O) groups is 1. The highest BCUT2D eigenvalue weighted by Gasteiger charge is 2.23. The Morgan fingerprint density at radius 1 is 1.16 bits per heavy atom. The van der Waals surface area contributed by atoms with Crippen molar-refractivity contribution in [2.45, 2.75) is 18.9 Å². The SMILES string of the molecule is Cn1c(-c2ccccc2)c(C(=O)NCC2CCCO2)c2ccccc21. The monoisotopic (exact) mass is 334 g/mol. The molecular formula is C21H22N2O2. The molecule has 1 N–H and O–H groups in total. The lowest BCUT2D eigenvalue weighted by Gasteiger charge is -2.12. The standard InChI is InChI=1S/C21H22N2O2/c1-23-18-12-6-5-11-17(18)19(20(23)15-8-3-2-4-9-15)21(24)22-14-16-10-7-13-25-16/h2-6,8-9,11-12,16H,7,10,13-14H2,1H3,(H,22,24). The van der Waals surface area contributed by atoms with Crippen molar-refractivity contribution in [3.63, 3.8) is 0 Å². The number of aryl methyl sites for hydroxylation is 1. The third-order valence-corrected chi connectivity index (χ3v) is 4.90. The molecule has 2 aromatic carbocycles. The molecule has 4 rings (SSSR count). The third-order valence-electron chi connectivity index (χ3n) is 4.90. The minimum atomic E-state index is -0.0360. The Balaban J connectivity index is 1.76. The fraction of sp³-hybridized carbons (Fsp3) is 0.286. The fourth-order valence-electron chi connectivity index (χ4n) is 3.66. The number of para-hydroxylation sites is 1. The minimum absolute atomic E-state index is 0.0360. The molecule has 1 saturated heterocycles. The molecular weight excluding hydrogens is 312 g/mol. The molecule has 4 heteroatoms. The number of amides is 1. The molecule has 0 saturated carbocycles. The molecule has 1 atom stereocenters. The van der Waals surface area contributed by atoms with Gasteiger partial charge in [-0.1, -0.05) is 48.5 Å². The van der Waals surface area contributed by atoms with E-state index in [2.05, 4.69) is 16.0 Å². The zero-order valence-corrected chi connectivity index (χ0v) is 14.4. The van der Waals surface area contributed by atoms with Crippen LogP contribution in [0.15, 0.2) is 54.6 Å². The molecule has 1 amide bonds. The second kappa shape index (κ2) is 6.73. The van der Waals surface area contributed by atoms with Gasteiger partial charge < -0.3 is 14.6 Å². The van der Waals surface area contributed by atoms with E-state index in [1.807, 2.05) is 55.6 Å². The Kier molecular flexibility index (Phi) is 4.28. The molecule has 2 heterocycles. The Bertz CT molecular complexity index is 893. The van der Waals surface area contributed by atoms with E-state index in [1.165, 1.54) is 0 Å². The van der Waals surface area contributed by atoms with Crippen LogP contribution in [-0.4, -0.2) is 29.7 Å². The molecule has 3 aromatic rings. The van der Waals surface area contributed by atoms with Crippen molar-refractivity contribution in [1.29, 1.82) is 0 Å². The van der Waals surface area contributed by atoms with E-state index in [1.54, 1.807) is 0 Å². The summed E-state index contributed by atoms with van der Waals surface area (Å²) in [7, 11) is 2.02. The lowest BCUT2D eigenvalue weighted by Crippen LogP contribution is -2.32. The van der Waals surface area contributed by atoms with Crippen LogP contribution < -0.4 is 5.32 Å². The normalized spacial score (nSPS) is 17.1. The van der Waals surface area contributed by atoms with Gasteiger partial charge in [0.25, 0.3) is 5.91 Å². The second-order valence-corrected chi connectivity index (χ2v) is 6.51. The van der Waals surface area contributed by atoms with Crippen LogP contribution in [0.4, 0.5) is 0 Å². The van der Waals surface area contributed by atoms with Crippen molar-refractivity contribution in [2.24, 2.45) is 7.05 Å². The molecule has 128 valence electrons. The molecule has 1 aromatic heterocycles. The van der Waals surface area contributed by atoms with Crippen LogP contribution in [0.5, 0.6) is 0 Å². The van der Waals surface area contributed by atoms with E-state index in [9.17, 15) is 4.79 Å². The van der Waals surface area contributed by atoms with Crippen molar-refractivity contribution < 1.29 is 9.53 Å². The summed E-state index contributed by atoms with van der Waals surface area (Å²) in [5, 5.41) is 4.06. The fourth-order valence-corrected chi connectivity index (χ4v) is 3.66. The Hall–Kier alpha value is -2.59. The second-order valence-electron chi connectivity index (χ2n) is 6.51. The number of hydrogen-bond donors (Lipinski definition) is 1. The molecule has 1 unspecified atom stereocenters. The lowest BCUT2D eigenvalue weighted by molar-refractivity contribution is 0.0859. The highest BCUT2D eigenvalue weighted by atomic mass is 16.5. The summed E-state index contributed by atoms with van der Waals surface area (Å²) in [5.41, 5.74) is 3.79. The van der Waals surface area contributed by atoms with Crippen molar-refractivity contribution >= 4 is 16.8 Å². The van der Waals surface area contributed by atoms with Crippen molar-refractivity contribution in [3.8, 4) is 11.3 Å². The van der Waals surface area contributed by atoms with Gasteiger partial charge in [0, 0.05) is 31.1 Å². The molecule has 1 fully saturated rings. The topological polar surface area (TPSA) is 43.3 Å². The van der Waals surface area contributed by atoms with Crippen molar-refractivity contribution in [2.75, 3.05) is 13.2 Å². The highest BCUT2D eigenvalue weighted by molar-refractivity contribution is 6.12.